The van der Waals surface area contributed by atoms with E-state index in [1.807, 2.05) is 0 Å². The van der Waals surface area contributed by atoms with Gasteiger partial charge in [0, 0.05) is 12.5 Å². The third-order valence-electron chi connectivity index (χ3n) is 2.60. The van der Waals surface area contributed by atoms with Crippen molar-refractivity contribution in [2.24, 2.45) is 16.3 Å². The fourth-order valence-corrected chi connectivity index (χ4v) is 1.68. The zero-order chi connectivity index (χ0) is 11.6. The van der Waals surface area contributed by atoms with Crippen molar-refractivity contribution in [1.29, 1.82) is 0 Å². The average molecular weight is 210 g/mol. The maximum absolute atomic E-state index is 12.0. The first-order chi connectivity index (χ1) is 6.87. The van der Waals surface area contributed by atoms with Crippen molar-refractivity contribution in [3.05, 3.63) is 0 Å². The summed E-state index contributed by atoms with van der Waals surface area (Å²) in [6.45, 7) is 8.25. The topological polar surface area (TPSA) is 58.5 Å². The molecular formula is C11H18N2O2. The van der Waals surface area contributed by atoms with Crippen molar-refractivity contribution < 1.29 is 9.59 Å². The molecule has 1 heterocycles. The number of Topliss-reactive ketones (excluding diaryl/α,β-unsaturated/α-hetero) is 2. The van der Waals surface area contributed by atoms with Gasteiger partial charge in [-0.15, -0.1) is 0 Å². The van der Waals surface area contributed by atoms with Gasteiger partial charge in [0.1, 0.15) is 5.78 Å². The second-order valence-corrected chi connectivity index (χ2v) is 4.63. The van der Waals surface area contributed by atoms with E-state index in [1.165, 1.54) is 0 Å². The Bertz CT molecular complexity index is 317. The van der Waals surface area contributed by atoms with E-state index in [4.69, 9.17) is 0 Å². The molecule has 0 amide bonds. The molecule has 1 aliphatic heterocycles. The number of ketones is 2. The lowest BCUT2D eigenvalue weighted by Gasteiger charge is -2.23. The van der Waals surface area contributed by atoms with Crippen LogP contribution in [-0.2, 0) is 9.59 Å². The second-order valence-electron chi connectivity index (χ2n) is 4.63. The van der Waals surface area contributed by atoms with Gasteiger partial charge >= 0.3 is 0 Å². The summed E-state index contributed by atoms with van der Waals surface area (Å²) in [6.07, 6.45) is 0. The van der Waals surface area contributed by atoms with Crippen LogP contribution in [0.5, 0.6) is 0 Å². The molecule has 84 valence electrons. The van der Waals surface area contributed by atoms with Gasteiger partial charge in [-0.25, -0.2) is 0 Å². The van der Waals surface area contributed by atoms with E-state index < -0.39 is 5.41 Å². The van der Waals surface area contributed by atoms with Crippen LogP contribution in [0, 0.1) is 11.3 Å². The lowest BCUT2D eigenvalue weighted by molar-refractivity contribution is -0.137. The van der Waals surface area contributed by atoms with Crippen LogP contribution in [0.3, 0.4) is 0 Å². The van der Waals surface area contributed by atoms with Crippen LogP contribution in [0.2, 0.25) is 0 Å². The highest BCUT2D eigenvalue weighted by atomic mass is 16.2. The van der Waals surface area contributed by atoms with Crippen LogP contribution in [0.1, 0.15) is 27.7 Å². The number of carbonyl (C=O) groups excluding carboxylic acids is 2. The summed E-state index contributed by atoms with van der Waals surface area (Å²) in [5, 5.41) is 2.90. The van der Waals surface area contributed by atoms with E-state index in [2.05, 4.69) is 10.3 Å². The van der Waals surface area contributed by atoms with Crippen molar-refractivity contribution in [1.82, 2.24) is 5.32 Å². The Kier molecular flexibility index (Phi) is 3.27. The van der Waals surface area contributed by atoms with Crippen LogP contribution in [0.4, 0.5) is 0 Å². The minimum absolute atomic E-state index is 0.0381. The Morgan fingerprint density at radius 2 is 2.00 bits per heavy atom. The SMILES string of the molecule is CC(C)C(=O)C(C)(C)C(=O)C1=NCCN1. The first-order valence-corrected chi connectivity index (χ1v) is 5.25. The molecule has 4 nitrogen and oxygen atoms in total. The zero-order valence-electron chi connectivity index (χ0n) is 9.76. The first kappa shape index (κ1) is 11.9. The standard InChI is InChI=1S/C11H18N2O2/c1-7(2)8(14)11(3,4)9(15)10-12-5-6-13-10/h7H,5-6H2,1-4H3,(H,12,13). The Hall–Kier alpha value is -1.19. The van der Waals surface area contributed by atoms with Crippen LogP contribution >= 0.6 is 0 Å². The summed E-state index contributed by atoms with van der Waals surface area (Å²) in [7, 11) is 0. The molecule has 0 aromatic carbocycles. The number of rotatable bonds is 4. The summed E-state index contributed by atoms with van der Waals surface area (Å²) in [4.78, 5) is 27.9. The second kappa shape index (κ2) is 4.13. The number of carbonyl (C=O) groups is 2. The maximum Gasteiger partial charge on any atom is 0.210 e. The van der Waals surface area contributed by atoms with Gasteiger partial charge in [0.05, 0.1) is 12.0 Å². The summed E-state index contributed by atoms with van der Waals surface area (Å²) < 4.78 is 0. The summed E-state index contributed by atoms with van der Waals surface area (Å²) in [5.41, 5.74) is -0.968. The average Bonchev–Trinajstić information content (AvgIpc) is 2.67. The fraction of sp³-hybridized carbons (Fsp3) is 0.727. The lowest BCUT2D eigenvalue weighted by Crippen LogP contribution is -2.44. The van der Waals surface area contributed by atoms with Gasteiger partial charge in [-0.3, -0.25) is 14.6 Å². The quantitative estimate of drug-likeness (QED) is 0.698. The van der Waals surface area contributed by atoms with E-state index in [0.717, 1.165) is 0 Å². The number of aliphatic imine (C=N–C) groups is 1. The normalized spacial score (nSPS) is 16.2. The molecule has 0 bridgehead atoms. The van der Waals surface area contributed by atoms with Gasteiger partial charge in [0.2, 0.25) is 5.78 Å². The van der Waals surface area contributed by atoms with E-state index in [1.54, 1.807) is 27.7 Å². The highest BCUT2D eigenvalue weighted by Crippen LogP contribution is 2.23. The summed E-state index contributed by atoms with van der Waals surface area (Å²) in [5.74, 6) is -0.0115. The van der Waals surface area contributed by atoms with Crippen LogP contribution < -0.4 is 5.32 Å². The first-order valence-electron chi connectivity index (χ1n) is 5.25. The van der Waals surface area contributed by atoms with Crippen LogP contribution in [0.15, 0.2) is 4.99 Å². The molecule has 0 radical (unpaired) electrons. The molecule has 0 saturated carbocycles. The molecule has 0 fully saturated rings. The molecular weight excluding hydrogens is 192 g/mol. The van der Waals surface area contributed by atoms with Crippen LogP contribution in [-0.4, -0.2) is 30.5 Å². The maximum atomic E-state index is 12.0. The van der Waals surface area contributed by atoms with Gasteiger partial charge in [-0.1, -0.05) is 13.8 Å². The molecule has 1 aliphatic rings. The molecule has 0 aromatic heterocycles. The van der Waals surface area contributed by atoms with Gasteiger partial charge < -0.3 is 5.32 Å². The number of nitrogens with one attached hydrogen (secondary N) is 1. The molecule has 15 heavy (non-hydrogen) atoms. The number of nitrogens with zero attached hydrogens (tertiary/aromatic N) is 1. The molecule has 4 heteroatoms. The summed E-state index contributed by atoms with van der Waals surface area (Å²) >= 11 is 0. The highest BCUT2D eigenvalue weighted by Gasteiger charge is 2.39. The molecule has 0 spiro atoms. The molecule has 1 N–H and O–H groups in total. The third-order valence-corrected chi connectivity index (χ3v) is 2.60. The minimum Gasteiger partial charge on any atom is -0.366 e. The third kappa shape index (κ3) is 2.25. The van der Waals surface area contributed by atoms with Crippen molar-refractivity contribution in [2.75, 3.05) is 13.1 Å². The van der Waals surface area contributed by atoms with Crippen molar-refractivity contribution in [2.45, 2.75) is 27.7 Å². The van der Waals surface area contributed by atoms with Crippen molar-refractivity contribution in [3.63, 3.8) is 0 Å². The monoisotopic (exact) mass is 210 g/mol. The van der Waals surface area contributed by atoms with Crippen molar-refractivity contribution in [3.8, 4) is 0 Å². The lowest BCUT2D eigenvalue weighted by atomic mass is 9.78. The van der Waals surface area contributed by atoms with E-state index in [-0.39, 0.29) is 17.5 Å². The van der Waals surface area contributed by atoms with Crippen LogP contribution in [0.25, 0.3) is 0 Å². The molecule has 1 rings (SSSR count). The van der Waals surface area contributed by atoms with E-state index in [0.29, 0.717) is 18.9 Å². The molecule has 0 atom stereocenters. The highest BCUT2D eigenvalue weighted by molar-refractivity contribution is 6.44. The fourth-order valence-electron chi connectivity index (χ4n) is 1.68. The molecule has 0 unspecified atom stereocenters. The Balaban J connectivity index is 2.85. The number of hydrogen-bond acceptors (Lipinski definition) is 4. The smallest absolute Gasteiger partial charge is 0.210 e. The molecule has 0 aliphatic carbocycles. The zero-order valence-corrected chi connectivity index (χ0v) is 9.76. The van der Waals surface area contributed by atoms with Gasteiger partial charge in [-0.05, 0) is 13.8 Å². The largest absolute Gasteiger partial charge is 0.366 e. The minimum atomic E-state index is -0.968. The van der Waals surface area contributed by atoms with E-state index >= 15 is 0 Å². The molecule has 0 saturated heterocycles. The summed E-state index contributed by atoms with van der Waals surface area (Å²) in [6, 6.07) is 0. The van der Waals surface area contributed by atoms with Gasteiger partial charge in [0.25, 0.3) is 0 Å². The van der Waals surface area contributed by atoms with Gasteiger partial charge in [0.15, 0.2) is 5.84 Å². The predicted octanol–water partition coefficient (Wildman–Crippen LogP) is 0.808. The Morgan fingerprint density at radius 1 is 1.40 bits per heavy atom. The molecule has 0 aromatic rings. The van der Waals surface area contributed by atoms with Crippen molar-refractivity contribution >= 4 is 17.4 Å². The van der Waals surface area contributed by atoms with E-state index in [9.17, 15) is 9.59 Å². The van der Waals surface area contributed by atoms with Gasteiger partial charge in [-0.2, -0.15) is 0 Å². The number of amidine groups is 1. The predicted molar refractivity (Wildman–Crippen MR) is 58.9 cm³/mol. The Morgan fingerprint density at radius 3 is 2.40 bits per heavy atom. The number of hydrogen-bond donors (Lipinski definition) is 1. The Labute approximate surface area is 90.2 Å².